The van der Waals surface area contributed by atoms with Crippen LogP contribution in [0.1, 0.15) is 40.0 Å². The summed E-state index contributed by atoms with van der Waals surface area (Å²) >= 11 is 0. The lowest BCUT2D eigenvalue weighted by atomic mass is 9.73. The first-order chi connectivity index (χ1) is 4.96. The Balaban J connectivity index is 2.33. The van der Waals surface area contributed by atoms with Crippen LogP contribution in [0.3, 0.4) is 0 Å². The maximum atomic E-state index is 9.92. The van der Waals surface area contributed by atoms with Gasteiger partial charge in [-0.15, -0.1) is 0 Å². The SMILES string of the molecule is CC1(C)CC2(C)CCC1C2O. The van der Waals surface area contributed by atoms with Crippen molar-refractivity contribution in [3.8, 4) is 0 Å². The van der Waals surface area contributed by atoms with Gasteiger partial charge in [0.2, 0.25) is 0 Å². The maximum absolute atomic E-state index is 9.92. The first-order valence-corrected chi connectivity index (χ1v) is 4.64. The molecule has 0 saturated heterocycles. The van der Waals surface area contributed by atoms with Crippen molar-refractivity contribution in [1.29, 1.82) is 0 Å². The molecule has 0 spiro atoms. The summed E-state index contributed by atoms with van der Waals surface area (Å²) in [7, 11) is 0. The molecule has 2 bridgehead atoms. The minimum absolute atomic E-state index is 0.0162. The average Bonchev–Trinajstić information content (AvgIpc) is 2.15. The van der Waals surface area contributed by atoms with Crippen molar-refractivity contribution in [3.05, 3.63) is 0 Å². The second-order valence-corrected chi connectivity index (χ2v) is 5.41. The predicted octanol–water partition coefficient (Wildman–Crippen LogP) is 2.19. The Kier molecular flexibility index (Phi) is 1.26. The molecule has 3 unspecified atom stereocenters. The van der Waals surface area contributed by atoms with E-state index in [1.807, 2.05) is 0 Å². The molecule has 11 heavy (non-hydrogen) atoms. The first-order valence-electron chi connectivity index (χ1n) is 4.64. The molecular weight excluding hydrogens is 136 g/mol. The van der Waals surface area contributed by atoms with Crippen molar-refractivity contribution in [3.63, 3.8) is 0 Å². The lowest BCUT2D eigenvalue weighted by Gasteiger charge is -2.31. The van der Waals surface area contributed by atoms with Crippen LogP contribution in [0.4, 0.5) is 0 Å². The maximum Gasteiger partial charge on any atom is 0.0627 e. The van der Waals surface area contributed by atoms with E-state index in [0.717, 1.165) is 0 Å². The molecule has 1 N–H and O–H groups in total. The van der Waals surface area contributed by atoms with Crippen molar-refractivity contribution < 1.29 is 5.11 Å². The minimum atomic E-state index is -0.0162. The Morgan fingerprint density at radius 2 is 1.91 bits per heavy atom. The highest BCUT2D eigenvalue weighted by molar-refractivity contribution is 5.08. The lowest BCUT2D eigenvalue weighted by molar-refractivity contribution is 0.0716. The standard InChI is InChI=1S/C10H18O/c1-9(2)6-10(3)5-4-7(9)8(10)11/h7-8,11H,4-6H2,1-3H3. The Bertz CT molecular complexity index is 185. The van der Waals surface area contributed by atoms with Gasteiger partial charge < -0.3 is 5.11 Å². The summed E-state index contributed by atoms with van der Waals surface area (Å²) in [6, 6.07) is 0. The third kappa shape index (κ3) is 0.807. The summed E-state index contributed by atoms with van der Waals surface area (Å²) in [4.78, 5) is 0. The van der Waals surface area contributed by atoms with Crippen molar-refractivity contribution in [2.24, 2.45) is 16.7 Å². The van der Waals surface area contributed by atoms with Crippen LogP contribution in [0, 0.1) is 16.7 Å². The zero-order chi connectivity index (χ0) is 8.28. The van der Waals surface area contributed by atoms with E-state index in [9.17, 15) is 5.11 Å². The number of aliphatic hydroxyl groups is 1. The van der Waals surface area contributed by atoms with Crippen LogP contribution in [-0.2, 0) is 0 Å². The number of fused-ring (bicyclic) bond motifs is 2. The van der Waals surface area contributed by atoms with E-state index in [-0.39, 0.29) is 11.5 Å². The molecular formula is C10H18O. The van der Waals surface area contributed by atoms with Gasteiger partial charge in [0.1, 0.15) is 0 Å². The summed E-state index contributed by atoms with van der Waals surface area (Å²) in [5, 5.41) is 9.92. The fourth-order valence-electron chi connectivity index (χ4n) is 3.46. The van der Waals surface area contributed by atoms with Gasteiger partial charge in [0.05, 0.1) is 6.10 Å². The van der Waals surface area contributed by atoms with Crippen molar-refractivity contribution in [1.82, 2.24) is 0 Å². The Hall–Kier alpha value is -0.0400. The summed E-state index contributed by atoms with van der Waals surface area (Å²) < 4.78 is 0. The van der Waals surface area contributed by atoms with E-state index in [2.05, 4.69) is 20.8 Å². The van der Waals surface area contributed by atoms with Crippen LogP contribution in [0.2, 0.25) is 0 Å². The van der Waals surface area contributed by atoms with Crippen LogP contribution in [0.5, 0.6) is 0 Å². The molecule has 0 aromatic heterocycles. The van der Waals surface area contributed by atoms with E-state index in [1.165, 1.54) is 19.3 Å². The molecule has 0 aromatic carbocycles. The molecule has 2 aliphatic carbocycles. The lowest BCUT2D eigenvalue weighted by Crippen LogP contribution is -2.22. The van der Waals surface area contributed by atoms with Crippen molar-refractivity contribution >= 4 is 0 Å². The van der Waals surface area contributed by atoms with Gasteiger partial charge >= 0.3 is 0 Å². The van der Waals surface area contributed by atoms with Gasteiger partial charge in [0.25, 0.3) is 0 Å². The predicted molar refractivity (Wildman–Crippen MR) is 45.2 cm³/mol. The van der Waals surface area contributed by atoms with E-state index < -0.39 is 0 Å². The zero-order valence-corrected chi connectivity index (χ0v) is 7.72. The van der Waals surface area contributed by atoms with Crippen LogP contribution < -0.4 is 0 Å². The summed E-state index contributed by atoms with van der Waals surface area (Å²) in [5.41, 5.74) is 0.653. The highest BCUT2D eigenvalue weighted by Gasteiger charge is 2.58. The van der Waals surface area contributed by atoms with Gasteiger partial charge in [-0.3, -0.25) is 0 Å². The molecule has 1 heteroatoms. The van der Waals surface area contributed by atoms with Crippen LogP contribution in [0.25, 0.3) is 0 Å². The topological polar surface area (TPSA) is 20.2 Å². The number of rotatable bonds is 0. The molecule has 0 radical (unpaired) electrons. The average molecular weight is 154 g/mol. The molecule has 0 amide bonds. The van der Waals surface area contributed by atoms with E-state index >= 15 is 0 Å². The highest BCUT2D eigenvalue weighted by atomic mass is 16.3. The number of aliphatic hydroxyl groups excluding tert-OH is 1. The van der Waals surface area contributed by atoms with Gasteiger partial charge in [-0.25, -0.2) is 0 Å². The van der Waals surface area contributed by atoms with Gasteiger partial charge in [-0.1, -0.05) is 20.8 Å². The number of hydrogen-bond acceptors (Lipinski definition) is 1. The van der Waals surface area contributed by atoms with E-state index in [0.29, 0.717) is 11.3 Å². The molecule has 64 valence electrons. The largest absolute Gasteiger partial charge is 0.392 e. The van der Waals surface area contributed by atoms with Gasteiger partial charge in [0, 0.05) is 0 Å². The molecule has 0 aromatic rings. The molecule has 2 saturated carbocycles. The van der Waals surface area contributed by atoms with Crippen LogP contribution >= 0.6 is 0 Å². The zero-order valence-electron chi connectivity index (χ0n) is 7.72. The first kappa shape index (κ1) is 7.60. The normalized spacial score (nSPS) is 53.5. The minimum Gasteiger partial charge on any atom is -0.392 e. The molecule has 1 nitrogen and oxygen atoms in total. The summed E-state index contributed by atoms with van der Waals surface area (Å²) in [5.74, 6) is 0.576. The van der Waals surface area contributed by atoms with Gasteiger partial charge in [0.15, 0.2) is 0 Å². The quantitative estimate of drug-likeness (QED) is 0.567. The Morgan fingerprint density at radius 3 is 2.09 bits per heavy atom. The third-order valence-electron chi connectivity index (χ3n) is 3.98. The molecule has 0 heterocycles. The smallest absolute Gasteiger partial charge is 0.0627 e. The van der Waals surface area contributed by atoms with Crippen LogP contribution in [0.15, 0.2) is 0 Å². The molecule has 2 aliphatic rings. The van der Waals surface area contributed by atoms with Crippen molar-refractivity contribution in [2.75, 3.05) is 0 Å². The Morgan fingerprint density at radius 1 is 1.27 bits per heavy atom. The van der Waals surface area contributed by atoms with Gasteiger partial charge in [-0.2, -0.15) is 0 Å². The second-order valence-electron chi connectivity index (χ2n) is 5.41. The Labute approximate surface area is 68.8 Å². The van der Waals surface area contributed by atoms with Gasteiger partial charge in [-0.05, 0) is 36.0 Å². The third-order valence-corrected chi connectivity index (χ3v) is 3.98. The summed E-state index contributed by atoms with van der Waals surface area (Å²) in [6.07, 6.45) is 3.68. The molecule has 3 atom stereocenters. The molecule has 2 rings (SSSR count). The summed E-state index contributed by atoms with van der Waals surface area (Å²) in [6.45, 7) is 6.84. The fraction of sp³-hybridized carbons (Fsp3) is 1.00. The van der Waals surface area contributed by atoms with E-state index in [1.54, 1.807) is 0 Å². The van der Waals surface area contributed by atoms with E-state index in [4.69, 9.17) is 0 Å². The fourth-order valence-corrected chi connectivity index (χ4v) is 3.46. The van der Waals surface area contributed by atoms with Crippen LogP contribution in [-0.4, -0.2) is 11.2 Å². The molecule has 2 fully saturated rings. The van der Waals surface area contributed by atoms with Crippen molar-refractivity contribution in [2.45, 2.75) is 46.1 Å². The monoisotopic (exact) mass is 154 g/mol. The highest BCUT2D eigenvalue weighted by Crippen LogP contribution is 2.62. The number of hydrogen-bond donors (Lipinski definition) is 1. The molecule has 0 aliphatic heterocycles. The second kappa shape index (κ2) is 1.82.